The predicted molar refractivity (Wildman–Crippen MR) is 141 cm³/mol. The van der Waals surface area contributed by atoms with E-state index in [2.05, 4.69) is 76.1 Å². The lowest BCUT2D eigenvalue weighted by atomic mass is 9.80. The van der Waals surface area contributed by atoms with Gasteiger partial charge in [0.2, 0.25) is 5.91 Å². The van der Waals surface area contributed by atoms with Gasteiger partial charge in [-0.15, -0.1) is 0 Å². The van der Waals surface area contributed by atoms with Crippen molar-refractivity contribution in [3.05, 3.63) is 99.8 Å². The number of carbonyl (C=O) groups excluding carboxylic acids is 1. The predicted octanol–water partition coefficient (Wildman–Crippen LogP) is 6.05. The number of nitrogens with zero attached hydrogens (tertiary/aromatic N) is 2. The molecule has 4 aromatic rings. The molecule has 1 aliphatic rings. The molecular weight excluding hydrogens is 523 g/mol. The molecule has 2 atom stereocenters. The number of carbonyl (C=O) groups is 1. The highest BCUT2D eigenvalue weighted by molar-refractivity contribution is 14.1. The van der Waals surface area contributed by atoms with Crippen LogP contribution >= 0.6 is 22.6 Å². The molecule has 0 unspecified atom stereocenters. The molecule has 0 spiro atoms. The lowest BCUT2D eigenvalue weighted by molar-refractivity contribution is -0.125. The van der Waals surface area contributed by atoms with E-state index in [0.29, 0.717) is 6.42 Å². The molecule has 1 aromatic heterocycles. The molecule has 1 aliphatic heterocycles. The molecule has 5 rings (SSSR count). The van der Waals surface area contributed by atoms with Gasteiger partial charge >= 0.3 is 0 Å². The summed E-state index contributed by atoms with van der Waals surface area (Å²) in [6, 6.07) is 27.1. The van der Waals surface area contributed by atoms with E-state index in [4.69, 9.17) is 4.74 Å². The number of pyridine rings is 1. The van der Waals surface area contributed by atoms with Crippen LogP contribution in [0.3, 0.4) is 0 Å². The summed E-state index contributed by atoms with van der Waals surface area (Å²) in [5.74, 6) is 1.31. The highest BCUT2D eigenvalue weighted by Gasteiger charge is 2.43. The zero-order chi connectivity index (χ0) is 22.8. The molecule has 0 aliphatic carbocycles. The first-order valence-corrected chi connectivity index (χ1v) is 12.2. The van der Waals surface area contributed by atoms with Crippen molar-refractivity contribution in [2.45, 2.75) is 25.3 Å². The Bertz CT molecular complexity index is 1270. The van der Waals surface area contributed by atoms with Crippen LogP contribution in [0.4, 0.5) is 5.69 Å². The maximum absolute atomic E-state index is 12.9. The van der Waals surface area contributed by atoms with Gasteiger partial charge in [-0.05, 0) is 82.8 Å². The van der Waals surface area contributed by atoms with Crippen molar-refractivity contribution in [3.63, 3.8) is 0 Å². The summed E-state index contributed by atoms with van der Waals surface area (Å²) in [6.45, 7) is 0. The summed E-state index contributed by atoms with van der Waals surface area (Å²) in [7, 11) is 1.68. The lowest BCUT2D eigenvalue weighted by Crippen LogP contribution is -2.57. The van der Waals surface area contributed by atoms with Crippen LogP contribution in [-0.4, -0.2) is 24.0 Å². The summed E-state index contributed by atoms with van der Waals surface area (Å²) in [6.07, 6.45) is 4.17. The summed E-state index contributed by atoms with van der Waals surface area (Å²) in [4.78, 5) is 19.6. The Morgan fingerprint density at radius 3 is 2.39 bits per heavy atom. The average Bonchev–Trinajstić information content (AvgIpc) is 2.85. The molecular formula is C28H25IN2O2. The highest BCUT2D eigenvalue weighted by atomic mass is 127. The fourth-order valence-electron chi connectivity index (χ4n) is 4.77. The maximum Gasteiger partial charge on any atom is 0.229 e. The number of methoxy groups -OCH3 is 1. The van der Waals surface area contributed by atoms with Crippen LogP contribution in [0.25, 0.3) is 10.9 Å². The number of aromatic nitrogens is 1. The van der Waals surface area contributed by atoms with Crippen LogP contribution in [0.2, 0.25) is 0 Å². The van der Waals surface area contributed by atoms with E-state index in [0.717, 1.165) is 38.8 Å². The number of fused-ring (bicyclic) bond motifs is 1. The van der Waals surface area contributed by atoms with Gasteiger partial charge < -0.3 is 9.64 Å². The van der Waals surface area contributed by atoms with Crippen molar-refractivity contribution in [3.8, 4) is 5.75 Å². The van der Waals surface area contributed by atoms with Crippen LogP contribution in [0.1, 0.15) is 17.5 Å². The van der Waals surface area contributed by atoms with Crippen LogP contribution < -0.4 is 9.64 Å². The highest BCUT2D eigenvalue weighted by Crippen LogP contribution is 2.39. The van der Waals surface area contributed by atoms with Crippen LogP contribution in [0, 0.1) is 9.49 Å². The molecule has 33 heavy (non-hydrogen) atoms. The zero-order valence-electron chi connectivity index (χ0n) is 18.4. The molecule has 0 N–H and O–H groups in total. The Morgan fingerprint density at radius 1 is 0.970 bits per heavy atom. The quantitative estimate of drug-likeness (QED) is 0.209. The number of halogens is 1. The Kier molecular flexibility index (Phi) is 6.31. The summed E-state index contributed by atoms with van der Waals surface area (Å²) in [5, 5.41) is 1.09. The monoisotopic (exact) mass is 548 g/mol. The Balaban J connectivity index is 1.50. The third kappa shape index (κ3) is 4.47. The number of amides is 1. The van der Waals surface area contributed by atoms with Crippen molar-refractivity contribution < 1.29 is 9.53 Å². The van der Waals surface area contributed by atoms with Crippen molar-refractivity contribution in [2.24, 2.45) is 5.92 Å². The van der Waals surface area contributed by atoms with E-state index >= 15 is 0 Å². The van der Waals surface area contributed by atoms with Crippen molar-refractivity contribution >= 4 is 45.1 Å². The van der Waals surface area contributed by atoms with Crippen molar-refractivity contribution in [2.75, 3.05) is 12.0 Å². The van der Waals surface area contributed by atoms with E-state index in [1.54, 1.807) is 13.3 Å². The van der Waals surface area contributed by atoms with E-state index < -0.39 is 0 Å². The first-order chi connectivity index (χ1) is 16.1. The molecule has 5 heteroatoms. The van der Waals surface area contributed by atoms with Gasteiger partial charge in [-0.3, -0.25) is 9.78 Å². The van der Waals surface area contributed by atoms with E-state index in [1.165, 1.54) is 11.1 Å². The minimum atomic E-state index is 0.130. The number of ether oxygens (including phenoxy) is 1. The van der Waals surface area contributed by atoms with E-state index in [-0.39, 0.29) is 17.9 Å². The SMILES string of the molecule is COc1ccc(C[C@H](Cc2ccccc2)[C@H]2CC(=O)N2c2ccc(I)c3cccnc23)cc1. The van der Waals surface area contributed by atoms with Gasteiger partial charge in [0.15, 0.2) is 0 Å². The van der Waals surface area contributed by atoms with E-state index in [1.807, 2.05) is 35.2 Å². The van der Waals surface area contributed by atoms with Gasteiger partial charge in [-0.25, -0.2) is 0 Å². The molecule has 2 heterocycles. The molecule has 1 amide bonds. The first-order valence-electron chi connectivity index (χ1n) is 11.2. The van der Waals surface area contributed by atoms with Gasteiger partial charge in [-0.2, -0.15) is 0 Å². The maximum atomic E-state index is 12.9. The third-order valence-corrected chi connectivity index (χ3v) is 7.42. The fraction of sp³-hybridized carbons (Fsp3) is 0.214. The number of anilines is 1. The summed E-state index contributed by atoms with van der Waals surface area (Å²) >= 11 is 2.33. The zero-order valence-corrected chi connectivity index (χ0v) is 20.6. The third-order valence-electron chi connectivity index (χ3n) is 6.48. The lowest BCUT2D eigenvalue weighted by Gasteiger charge is -2.45. The van der Waals surface area contributed by atoms with Gasteiger partial charge in [0, 0.05) is 27.6 Å². The number of rotatable bonds is 7. The minimum absolute atomic E-state index is 0.130. The van der Waals surface area contributed by atoms with Gasteiger partial charge in [0.1, 0.15) is 5.75 Å². The number of benzene rings is 3. The molecule has 0 bridgehead atoms. The van der Waals surface area contributed by atoms with Crippen LogP contribution in [0.15, 0.2) is 85.1 Å². The number of β-lactam (4-membered cyclic amide) rings is 1. The normalized spacial score (nSPS) is 16.5. The Morgan fingerprint density at radius 2 is 1.70 bits per heavy atom. The second-order valence-corrected chi connectivity index (χ2v) is 9.67. The summed E-state index contributed by atoms with van der Waals surface area (Å²) < 4.78 is 6.47. The minimum Gasteiger partial charge on any atom is -0.497 e. The van der Waals surface area contributed by atoms with Crippen LogP contribution in [-0.2, 0) is 17.6 Å². The molecule has 166 valence electrons. The summed E-state index contributed by atoms with van der Waals surface area (Å²) in [5.41, 5.74) is 4.35. The average molecular weight is 548 g/mol. The Labute approximate surface area is 207 Å². The van der Waals surface area contributed by atoms with Gasteiger partial charge in [0.25, 0.3) is 0 Å². The fourth-order valence-corrected chi connectivity index (χ4v) is 5.39. The second kappa shape index (κ2) is 9.51. The van der Waals surface area contributed by atoms with E-state index in [9.17, 15) is 4.79 Å². The molecule has 3 aromatic carbocycles. The number of hydrogen-bond donors (Lipinski definition) is 0. The standard InChI is InChI=1S/C28H25IN2O2/c1-33-22-11-9-20(10-12-22)17-21(16-19-6-3-2-4-7-19)26-18-27(32)31(26)25-14-13-24(29)23-8-5-15-30-28(23)25/h2-15,21,26H,16-18H2,1H3/t21-,26+/m0/s1. The Hall–Kier alpha value is -2.93. The molecule has 0 saturated carbocycles. The van der Waals surface area contributed by atoms with Crippen molar-refractivity contribution in [1.29, 1.82) is 0 Å². The van der Waals surface area contributed by atoms with Crippen LogP contribution in [0.5, 0.6) is 5.75 Å². The topological polar surface area (TPSA) is 42.4 Å². The van der Waals surface area contributed by atoms with Crippen molar-refractivity contribution in [1.82, 2.24) is 4.98 Å². The molecule has 0 radical (unpaired) electrons. The smallest absolute Gasteiger partial charge is 0.229 e. The molecule has 1 fully saturated rings. The molecule has 1 saturated heterocycles. The largest absolute Gasteiger partial charge is 0.497 e. The molecule has 4 nitrogen and oxygen atoms in total. The number of hydrogen-bond acceptors (Lipinski definition) is 3. The second-order valence-electron chi connectivity index (χ2n) is 8.50. The first kappa shape index (κ1) is 21.9. The van der Waals surface area contributed by atoms with Gasteiger partial charge in [-0.1, -0.05) is 48.5 Å². The van der Waals surface area contributed by atoms with Gasteiger partial charge in [0.05, 0.1) is 18.3 Å².